The van der Waals surface area contributed by atoms with Gasteiger partial charge in [-0.05, 0) is 32.9 Å². The summed E-state index contributed by atoms with van der Waals surface area (Å²) in [6, 6.07) is 7.92. The van der Waals surface area contributed by atoms with Crippen molar-refractivity contribution < 1.29 is 9.15 Å². The van der Waals surface area contributed by atoms with E-state index in [2.05, 4.69) is 20.6 Å². The second-order valence-corrected chi connectivity index (χ2v) is 7.23. The zero-order chi connectivity index (χ0) is 18.5. The Morgan fingerprint density at radius 2 is 2.22 bits per heavy atom. The fourth-order valence-corrected chi connectivity index (χ4v) is 3.38. The fourth-order valence-electron chi connectivity index (χ4n) is 2.65. The van der Waals surface area contributed by atoms with Crippen molar-refractivity contribution in [3.63, 3.8) is 0 Å². The first-order valence-corrected chi connectivity index (χ1v) is 9.46. The second kappa shape index (κ2) is 9.93. The molecule has 1 atom stereocenters. The third-order valence-electron chi connectivity index (χ3n) is 3.91. The Balaban J connectivity index is 0.00000261. The number of halogens is 1. The highest BCUT2D eigenvalue weighted by Gasteiger charge is 2.15. The molecule has 0 aliphatic rings. The van der Waals surface area contributed by atoms with E-state index in [4.69, 9.17) is 9.15 Å². The van der Waals surface area contributed by atoms with Gasteiger partial charge in [-0.25, -0.2) is 4.98 Å². The Bertz CT molecular complexity index is 906. The predicted octanol–water partition coefficient (Wildman–Crippen LogP) is 4.64. The van der Waals surface area contributed by atoms with E-state index in [-0.39, 0.29) is 30.0 Å². The summed E-state index contributed by atoms with van der Waals surface area (Å²) in [6.45, 7) is 7.30. The smallest absolute Gasteiger partial charge is 0.191 e. The number of nitrogens with one attached hydrogen (secondary N) is 2. The summed E-state index contributed by atoms with van der Waals surface area (Å²) >= 11 is 1.68. The van der Waals surface area contributed by atoms with E-state index in [9.17, 15) is 0 Å². The van der Waals surface area contributed by atoms with Crippen LogP contribution in [0.2, 0.25) is 0 Å². The molecular formula is C19H25IN4O2S. The van der Waals surface area contributed by atoms with Crippen molar-refractivity contribution in [3.05, 3.63) is 46.1 Å². The monoisotopic (exact) mass is 500 g/mol. The molecule has 0 spiro atoms. The van der Waals surface area contributed by atoms with Gasteiger partial charge in [-0.3, -0.25) is 4.99 Å². The molecule has 146 valence electrons. The molecule has 1 aromatic carbocycles. The van der Waals surface area contributed by atoms with E-state index in [1.807, 2.05) is 51.2 Å². The lowest BCUT2D eigenvalue weighted by atomic mass is 10.2. The Hall–Kier alpha value is -1.81. The SMILES string of the molecule is CCOc1cccc2cc(C(C)NC(=NC)NCc3ncc(C)s3)oc12.I. The minimum atomic E-state index is -0.0406. The summed E-state index contributed by atoms with van der Waals surface area (Å²) in [4.78, 5) is 9.84. The maximum absolute atomic E-state index is 6.04. The lowest BCUT2D eigenvalue weighted by Gasteiger charge is -2.15. The Kier molecular flexibility index (Phi) is 7.91. The molecule has 2 heterocycles. The molecule has 3 rings (SSSR count). The van der Waals surface area contributed by atoms with Crippen LogP contribution in [0.5, 0.6) is 5.75 Å². The summed E-state index contributed by atoms with van der Waals surface area (Å²) in [5.41, 5.74) is 0.777. The van der Waals surface area contributed by atoms with Crippen LogP contribution in [0.1, 0.15) is 35.5 Å². The highest BCUT2D eigenvalue weighted by molar-refractivity contribution is 14.0. The van der Waals surface area contributed by atoms with E-state index in [1.54, 1.807) is 18.4 Å². The molecule has 27 heavy (non-hydrogen) atoms. The average molecular weight is 500 g/mol. The number of guanidine groups is 1. The summed E-state index contributed by atoms with van der Waals surface area (Å²) in [6.07, 6.45) is 1.88. The molecule has 0 amide bonds. The van der Waals surface area contributed by atoms with Crippen LogP contribution in [0.3, 0.4) is 0 Å². The number of aliphatic imine (C=N–C) groups is 1. The molecule has 2 N–H and O–H groups in total. The maximum atomic E-state index is 6.04. The van der Waals surface area contributed by atoms with Crippen molar-refractivity contribution in [1.82, 2.24) is 15.6 Å². The fraction of sp³-hybridized carbons (Fsp3) is 0.368. The average Bonchev–Trinajstić information content (AvgIpc) is 3.25. The van der Waals surface area contributed by atoms with Crippen LogP contribution in [0.25, 0.3) is 11.0 Å². The number of aryl methyl sites for hydroxylation is 1. The number of ether oxygens (including phenoxy) is 1. The largest absolute Gasteiger partial charge is 0.490 e. The zero-order valence-electron chi connectivity index (χ0n) is 15.9. The van der Waals surface area contributed by atoms with Crippen molar-refractivity contribution >= 4 is 52.2 Å². The molecule has 2 aromatic heterocycles. The summed E-state index contributed by atoms with van der Waals surface area (Å²) in [5.74, 6) is 2.31. The molecule has 1 unspecified atom stereocenters. The topological polar surface area (TPSA) is 71.7 Å². The standard InChI is InChI=1S/C19H24N4O2S.HI/c1-5-24-15-8-6-7-14-9-16(25-18(14)15)13(3)23-19(20-4)22-11-17-21-10-12(2)26-17;/h6-10,13H,5,11H2,1-4H3,(H2,20,22,23);1H. The summed E-state index contributed by atoms with van der Waals surface area (Å²) < 4.78 is 11.7. The molecule has 0 radical (unpaired) electrons. The number of nitrogens with zero attached hydrogens (tertiary/aromatic N) is 2. The van der Waals surface area contributed by atoms with Crippen LogP contribution in [-0.2, 0) is 6.54 Å². The molecule has 0 saturated heterocycles. The highest BCUT2D eigenvalue weighted by atomic mass is 127. The van der Waals surface area contributed by atoms with E-state index < -0.39 is 0 Å². The number of hydrogen-bond acceptors (Lipinski definition) is 5. The van der Waals surface area contributed by atoms with E-state index in [0.717, 1.165) is 27.5 Å². The first-order valence-electron chi connectivity index (χ1n) is 8.64. The summed E-state index contributed by atoms with van der Waals surface area (Å²) in [5, 5.41) is 8.70. The number of fused-ring (bicyclic) bond motifs is 1. The Morgan fingerprint density at radius 3 is 2.89 bits per heavy atom. The minimum absolute atomic E-state index is 0. The van der Waals surface area contributed by atoms with Crippen molar-refractivity contribution in [2.24, 2.45) is 4.99 Å². The van der Waals surface area contributed by atoms with Gasteiger partial charge in [0.2, 0.25) is 0 Å². The molecule has 0 bridgehead atoms. The molecular weight excluding hydrogens is 475 g/mol. The third kappa shape index (κ3) is 5.35. The third-order valence-corrected chi connectivity index (χ3v) is 4.82. The molecule has 0 fully saturated rings. The Labute approximate surface area is 180 Å². The zero-order valence-corrected chi connectivity index (χ0v) is 19.1. The van der Waals surface area contributed by atoms with Gasteiger partial charge in [-0.15, -0.1) is 35.3 Å². The molecule has 3 aromatic rings. The Morgan fingerprint density at radius 1 is 1.41 bits per heavy atom. The molecule has 0 aliphatic carbocycles. The number of para-hydroxylation sites is 1. The van der Waals surface area contributed by atoms with Gasteiger partial charge in [0, 0.05) is 23.5 Å². The maximum Gasteiger partial charge on any atom is 0.191 e. The van der Waals surface area contributed by atoms with Crippen molar-refractivity contribution in [1.29, 1.82) is 0 Å². The van der Waals surface area contributed by atoms with E-state index >= 15 is 0 Å². The van der Waals surface area contributed by atoms with Gasteiger partial charge in [-0.1, -0.05) is 12.1 Å². The molecule has 6 nitrogen and oxygen atoms in total. The van der Waals surface area contributed by atoms with Crippen LogP contribution < -0.4 is 15.4 Å². The second-order valence-electron chi connectivity index (χ2n) is 5.91. The van der Waals surface area contributed by atoms with Crippen LogP contribution in [0, 0.1) is 6.92 Å². The number of thiazole rings is 1. The van der Waals surface area contributed by atoms with Crippen molar-refractivity contribution in [2.45, 2.75) is 33.4 Å². The van der Waals surface area contributed by atoms with Crippen LogP contribution in [0.15, 0.2) is 39.9 Å². The van der Waals surface area contributed by atoms with Gasteiger partial charge in [-0.2, -0.15) is 0 Å². The minimum Gasteiger partial charge on any atom is -0.490 e. The molecule has 8 heteroatoms. The van der Waals surface area contributed by atoms with Crippen LogP contribution >= 0.6 is 35.3 Å². The number of furan rings is 1. The molecule has 0 saturated carbocycles. The first kappa shape index (κ1) is 21.5. The number of aromatic nitrogens is 1. The van der Waals surface area contributed by atoms with Crippen molar-refractivity contribution in [3.8, 4) is 5.75 Å². The lowest BCUT2D eigenvalue weighted by Crippen LogP contribution is -2.38. The van der Waals surface area contributed by atoms with Gasteiger partial charge in [0.15, 0.2) is 17.3 Å². The van der Waals surface area contributed by atoms with E-state index in [0.29, 0.717) is 19.1 Å². The first-order chi connectivity index (χ1) is 12.6. The van der Waals surface area contributed by atoms with Gasteiger partial charge in [0.05, 0.1) is 19.2 Å². The number of hydrogen-bond donors (Lipinski definition) is 2. The lowest BCUT2D eigenvalue weighted by molar-refractivity contribution is 0.336. The van der Waals surface area contributed by atoms with Gasteiger partial charge in [0.25, 0.3) is 0 Å². The number of rotatable bonds is 6. The summed E-state index contributed by atoms with van der Waals surface area (Å²) in [7, 11) is 1.75. The van der Waals surface area contributed by atoms with Gasteiger partial charge in [0.1, 0.15) is 10.8 Å². The van der Waals surface area contributed by atoms with Crippen LogP contribution in [-0.4, -0.2) is 24.6 Å². The number of benzene rings is 1. The van der Waals surface area contributed by atoms with Crippen LogP contribution in [0.4, 0.5) is 0 Å². The predicted molar refractivity (Wildman–Crippen MR) is 121 cm³/mol. The molecule has 0 aliphatic heterocycles. The normalized spacial score (nSPS) is 12.5. The van der Waals surface area contributed by atoms with Gasteiger partial charge >= 0.3 is 0 Å². The van der Waals surface area contributed by atoms with Gasteiger partial charge < -0.3 is 19.8 Å². The van der Waals surface area contributed by atoms with Crippen molar-refractivity contribution in [2.75, 3.05) is 13.7 Å². The highest BCUT2D eigenvalue weighted by Crippen LogP contribution is 2.31. The quantitative estimate of drug-likeness (QED) is 0.293. The van der Waals surface area contributed by atoms with E-state index in [1.165, 1.54) is 4.88 Å².